The summed E-state index contributed by atoms with van der Waals surface area (Å²) in [6, 6.07) is 14.6. The molecule has 3 nitrogen and oxygen atoms in total. The first kappa shape index (κ1) is 18.2. The molecule has 1 aromatic heterocycles. The minimum Gasteiger partial charge on any atom is -0.337 e. The van der Waals surface area contributed by atoms with E-state index in [4.69, 9.17) is 0 Å². The Bertz CT molecular complexity index is 950. The summed E-state index contributed by atoms with van der Waals surface area (Å²) in [6.45, 7) is 11.4. The van der Waals surface area contributed by atoms with E-state index >= 15 is 0 Å². The molecular formula is C23H28N2O. The quantitative estimate of drug-likeness (QED) is 0.611. The van der Waals surface area contributed by atoms with Crippen LogP contribution in [0.3, 0.4) is 0 Å². The van der Waals surface area contributed by atoms with Crippen molar-refractivity contribution in [3.05, 3.63) is 64.8 Å². The van der Waals surface area contributed by atoms with E-state index in [1.807, 2.05) is 18.2 Å². The minimum atomic E-state index is -0.0355. The highest BCUT2D eigenvalue weighted by atomic mass is 16.2. The van der Waals surface area contributed by atoms with Crippen LogP contribution in [0.25, 0.3) is 10.9 Å². The Labute approximate surface area is 156 Å². The van der Waals surface area contributed by atoms with Gasteiger partial charge in [0.25, 0.3) is 5.91 Å². The predicted molar refractivity (Wildman–Crippen MR) is 110 cm³/mol. The van der Waals surface area contributed by atoms with E-state index in [2.05, 4.69) is 68.8 Å². The SMILES string of the molecule is CCc1ccc2c(c1)c(C)c(C(=O)Nc1ccccc1C(C)C)n2CC. The fourth-order valence-corrected chi connectivity index (χ4v) is 3.71. The number of nitrogens with zero attached hydrogens (tertiary/aromatic N) is 1. The van der Waals surface area contributed by atoms with E-state index in [0.717, 1.165) is 41.0 Å². The van der Waals surface area contributed by atoms with Crippen LogP contribution >= 0.6 is 0 Å². The summed E-state index contributed by atoms with van der Waals surface area (Å²) < 4.78 is 2.12. The summed E-state index contributed by atoms with van der Waals surface area (Å²) in [6.07, 6.45) is 0.996. The fourth-order valence-electron chi connectivity index (χ4n) is 3.71. The largest absolute Gasteiger partial charge is 0.337 e. The summed E-state index contributed by atoms with van der Waals surface area (Å²) >= 11 is 0. The van der Waals surface area contributed by atoms with Crippen molar-refractivity contribution in [3.63, 3.8) is 0 Å². The predicted octanol–water partition coefficient (Wildman–Crippen LogP) is 5.91. The molecule has 3 heteroatoms. The molecule has 1 amide bonds. The van der Waals surface area contributed by atoms with Gasteiger partial charge in [-0.05, 0) is 61.1 Å². The van der Waals surface area contributed by atoms with Gasteiger partial charge in [0.05, 0.1) is 0 Å². The number of anilines is 1. The zero-order valence-electron chi connectivity index (χ0n) is 16.4. The van der Waals surface area contributed by atoms with Gasteiger partial charge in [0.1, 0.15) is 5.69 Å². The molecule has 0 unspecified atom stereocenters. The van der Waals surface area contributed by atoms with Crippen molar-refractivity contribution in [1.82, 2.24) is 4.57 Å². The summed E-state index contributed by atoms with van der Waals surface area (Å²) in [5.41, 5.74) is 6.29. The lowest BCUT2D eigenvalue weighted by atomic mass is 10.0. The number of fused-ring (bicyclic) bond motifs is 1. The van der Waals surface area contributed by atoms with Crippen molar-refractivity contribution < 1.29 is 4.79 Å². The third-order valence-corrected chi connectivity index (χ3v) is 5.15. The number of hydrogen-bond donors (Lipinski definition) is 1. The lowest BCUT2D eigenvalue weighted by Gasteiger charge is -2.15. The maximum atomic E-state index is 13.2. The first-order chi connectivity index (χ1) is 12.5. The second kappa shape index (κ2) is 7.36. The highest BCUT2D eigenvalue weighted by molar-refractivity contribution is 6.08. The fraction of sp³-hybridized carbons (Fsp3) is 0.348. The van der Waals surface area contributed by atoms with Gasteiger partial charge in [-0.3, -0.25) is 4.79 Å². The van der Waals surface area contributed by atoms with Gasteiger partial charge in [-0.1, -0.05) is 45.0 Å². The third-order valence-electron chi connectivity index (χ3n) is 5.15. The standard InChI is InChI=1S/C23H28N2O/c1-6-17-12-13-21-19(14-17)16(5)22(25(21)7-2)23(26)24-20-11-9-8-10-18(20)15(3)4/h8-15H,6-7H2,1-5H3,(H,24,26). The first-order valence-electron chi connectivity index (χ1n) is 9.49. The van der Waals surface area contributed by atoms with Crippen molar-refractivity contribution in [1.29, 1.82) is 0 Å². The monoisotopic (exact) mass is 348 g/mol. The third kappa shape index (κ3) is 3.14. The molecule has 0 aliphatic heterocycles. The highest BCUT2D eigenvalue weighted by Crippen LogP contribution is 2.29. The normalized spacial score (nSPS) is 11.3. The van der Waals surface area contributed by atoms with E-state index in [1.54, 1.807) is 0 Å². The van der Waals surface area contributed by atoms with Gasteiger partial charge in [0.15, 0.2) is 0 Å². The summed E-state index contributed by atoms with van der Waals surface area (Å²) in [7, 11) is 0. The molecule has 0 aliphatic rings. The van der Waals surface area contributed by atoms with E-state index in [0.29, 0.717) is 5.92 Å². The number of hydrogen-bond acceptors (Lipinski definition) is 1. The van der Waals surface area contributed by atoms with Gasteiger partial charge in [-0.2, -0.15) is 0 Å². The van der Waals surface area contributed by atoms with Crippen LogP contribution in [0.5, 0.6) is 0 Å². The molecule has 0 aliphatic carbocycles. The van der Waals surface area contributed by atoms with Crippen LogP contribution < -0.4 is 5.32 Å². The van der Waals surface area contributed by atoms with E-state index in [-0.39, 0.29) is 5.91 Å². The van der Waals surface area contributed by atoms with Crippen LogP contribution in [0.15, 0.2) is 42.5 Å². The molecule has 136 valence electrons. The Morgan fingerprint density at radius 1 is 1.12 bits per heavy atom. The van der Waals surface area contributed by atoms with Crippen LogP contribution in [-0.4, -0.2) is 10.5 Å². The molecule has 3 aromatic rings. The Morgan fingerprint density at radius 2 is 1.85 bits per heavy atom. The summed E-state index contributed by atoms with van der Waals surface area (Å²) in [5, 5.41) is 4.33. The van der Waals surface area contributed by atoms with Gasteiger partial charge in [0.2, 0.25) is 0 Å². The lowest BCUT2D eigenvalue weighted by molar-refractivity contribution is 0.101. The van der Waals surface area contributed by atoms with E-state index < -0.39 is 0 Å². The van der Waals surface area contributed by atoms with Crippen molar-refractivity contribution in [2.45, 2.75) is 53.5 Å². The van der Waals surface area contributed by atoms with Crippen LogP contribution in [0.1, 0.15) is 60.8 Å². The molecule has 0 saturated carbocycles. The van der Waals surface area contributed by atoms with Gasteiger partial charge in [-0.15, -0.1) is 0 Å². The molecule has 0 fully saturated rings. The van der Waals surface area contributed by atoms with Gasteiger partial charge < -0.3 is 9.88 Å². The van der Waals surface area contributed by atoms with Crippen LogP contribution in [0.2, 0.25) is 0 Å². The lowest BCUT2D eigenvalue weighted by Crippen LogP contribution is -2.18. The number of para-hydroxylation sites is 1. The molecule has 0 saturated heterocycles. The molecule has 1 N–H and O–H groups in total. The van der Waals surface area contributed by atoms with Gasteiger partial charge >= 0.3 is 0 Å². The average Bonchev–Trinajstić information content (AvgIpc) is 2.93. The van der Waals surface area contributed by atoms with Crippen LogP contribution in [-0.2, 0) is 13.0 Å². The van der Waals surface area contributed by atoms with Crippen molar-refractivity contribution in [3.8, 4) is 0 Å². The Hall–Kier alpha value is -2.55. The average molecular weight is 348 g/mol. The van der Waals surface area contributed by atoms with Crippen molar-refractivity contribution >= 4 is 22.5 Å². The van der Waals surface area contributed by atoms with Gasteiger partial charge in [-0.25, -0.2) is 0 Å². The number of amides is 1. The molecule has 3 rings (SSSR count). The first-order valence-corrected chi connectivity index (χ1v) is 9.49. The number of rotatable bonds is 5. The van der Waals surface area contributed by atoms with Gasteiger partial charge in [0, 0.05) is 23.1 Å². The molecular weight excluding hydrogens is 320 g/mol. The second-order valence-corrected chi connectivity index (χ2v) is 7.12. The zero-order valence-corrected chi connectivity index (χ0v) is 16.4. The number of carbonyl (C=O) groups is 1. The highest BCUT2D eigenvalue weighted by Gasteiger charge is 2.20. The molecule has 0 radical (unpaired) electrons. The maximum Gasteiger partial charge on any atom is 0.272 e. The molecule has 2 aromatic carbocycles. The smallest absolute Gasteiger partial charge is 0.272 e. The summed E-state index contributed by atoms with van der Waals surface area (Å²) in [4.78, 5) is 13.2. The number of aryl methyl sites for hydroxylation is 3. The summed E-state index contributed by atoms with van der Waals surface area (Å²) in [5.74, 6) is 0.323. The topological polar surface area (TPSA) is 34.0 Å². The molecule has 0 atom stereocenters. The molecule has 1 heterocycles. The number of aromatic nitrogens is 1. The van der Waals surface area contributed by atoms with Crippen molar-refractivity contribution in [2.75, 3.05) is 5.32 Å². The van der Waals surface area contributed by atoms with Crippen LogP contribution in [0, 0.1) is 6.92 Å². The maximum absolute atomic E-state index is 13.2. The number of carbonyl (C=O) groups excluding carboxylic acids is 1. The zero-order chi connectivity index (χ0) is 18.8. The van der Waals surface area contributed by atoms with Crippen molar-refractivity contribution in [2.24, 2.45) is 0 Å². The van der Waals surface area contributed by atoms with E-state index in [1.165, 1.54) is 10.9 Å². The second-order valence-electron chi connectivity index (χ2n) is 7.12. The molecule has 26 heavy (non-hydrogen) atoms. The van der Waals surface area contributed by atoms with E-state index in [9.17, 15) is 4.79 Å². The molecule has 0 spiro atoms. The number of benzene rings is 2. The Morgan fingerprint density at radius 3 is 2.50 bits per heavy atom. The Balaban J connectivity index is 2.07. The van der Waals surface area contributed by atoms with Crippen LogP contribution in [0.4, 0.5) is 5.69 Å². The Kier molecular flexibility index (Phi) is 5.17. The number of nitrogens with one attached hydrogen (secondary N) is 1. The molecule has 0 bridgehead atoms. The minimum absolute atomic E-state index is 0.0355.